The number of ketones is 1. The number of hydrogen-bond donors (Lipinski definition) is 0. The Bertz CT molecular complexity index is 612. The lowest BCUT2D eigenvalue weighted by molar-refractivity contribution is -0.137. The van der Waals surface area contributed by atoms with E-state index in [1.807, 2.05) is 0 Å². The van der Waals surface area contributed by atoms with Crippen molar-refractivity contribution in [3.8, 4) is 11.1 Å². The van der Waals surface area contributed by atoms with Crippen LogP contribution in [0.1, 0.15) is 29.3 Å². The standard InChI is InChI=1S/C16H13F3O/c1-2-15(20)12-8-6-11(7-9-12)13-4-3-5-14(10-13)16(17,18)19/h3-10H,2H2,1H3. The van der Waals surface area contributed by atoms with Crippen LogP contribution in [0.2, 0.25) is 0 Å². The minimum absolute atomic E-state index is 0.0144. The summed E-state index contributed by atoms with van der Waals surface area (Å²) in [4.78, 5) is 11.5. The van der Waals surface area contributed by atoms with E-state index in [0.29, 0.717) is 23.1 Å². The summed E-state index contributed by atoms with van der Waals surface area (Å²) in [5.74, 6) is 0.0144. The first-order valence-corrected chi connectivity index (χ1v) is 6.22. The van der Waals surface area contributed by atoms with E-state index in [9.17, 15) is 18.0 Å². The third kappa shape index (κ3) is 3.07. The van der Waals surface area contributed by atoms with E-state index in [1.165, 1.54) is 6.07 Å². The van der Waals surface area contributed by atoms with E-state index in [0.717, 1.165) is 12.1 Å². The van der Waals surface area contributed by atoms with Crippen LogP contribution in [-0.2, 0) is 6.18 Å². The molecular formula is C16H13F3O. The molecule has 0 N–H and O–H groups in total. The maximum absolute atomic E-state index is 12.7. The fourth-order valence-corrected chi connectivity index (χ4v) is 1.93. The summed E-state index contributed by atoms with van der Waals surface area (Å²) in [7, 11) is 0. The minimum atomic E-state index is -4.35. The molecule has 2 rings (SSSR count). The minimum Gasteiger partial charge on any atom is -0.294 e. The van der Waals surface area contributed by atoms with Crippen molar-refractivity contribution in [3.63, 3.8) is 0 Å². The van der Waals surface area contributed by atoms with E-state index in [4.69, 9.17) is 0 Å². The second-order valence-electron chi connectivity index (χ2n) is 4.43. The summed E-state index contributed by atoms with van der Waals surface area (Å²) < 4.78 is 38.0. The van der Waals surface area contributed by atoms with Crippen LogP contribution in [0.4, 0.5) is 13.2 Å². The van der Waals surface area contributed by atoms with Crippen molar-refractivity contribution in [1.29, 1.82) is 0 Å². The molecule has 0 unspecified atom stereocenters. The van der Waals surface area contributed by atoms with Crippen molar-refractivity contribution in [2.24, 2.45) is 0 Å². The zero-order chi connectivity index (χ0) is 14.8. The van der Waals surface area contributed by atoms with Gasteiger partial charge in [-0.2, -0.15) is 13.2 Å². The summed E-state index contributed by atoms with van der Waals surface area (Å²) >= 11 is 0. The van der Waals surface area contributed by atoms with Gasteiger partial charge in [-0.15, -0.1) is 0 Å². The Labute approximate surface area is 115 Å². The Hall–Kier alpha value is -2.10. The molecule has 4 heteroatoms. The van der Waals surface area contributed by atoms with E-state index in [2.05, 4.69) is 0 Å². The van der Waals surface area contributed by atoms with Gasteiger partial charge in [-0.3, -0.25) is 4.79 Å². The molecule has 0 fully saturated rings. The van der Waals surface area contributed by atoms with Crippen LogP contribution in [0.15, 0.2) is 48.5 Å². The van der Waals surface area contributed by atoms with Crippen molar-refractivity contribution < 1.29 is 18.0 Å². The van der Waals surface area contributed by atoms with Crippen molar-refractivity contribution in [2.45, 2.75) is 19.5 Å². The Balaban J connectivity index is 2.35. The van der Waals surface area contributed by atoms with Gasteiger partial charge in [0.05, 0.1) is 5.56 Å². The van der Waals surface area contributed by atoms with Crippen LogP contribution >= 0.6 is 0 Å². The molecule has 0 radical (unpaired) electrons. The molecule has 0 saturated heterocycles. The third-order valence-corrected chi connectivity index (χ3v) is 3.05. The summed E-state index contributed by atoms with van der Waals surface area (Å²) in [6.45, 7) is 1.77. The van der Waals surface area contributed by atoms with Crippen LogP contribution in [-0.4, -0.2) is 5.78 Å². The molecule has 0 aliphatic rings. The van der Waals surface area contributed by atoms with Crippen LogP contribution < -0.4 is 0 Å². The first-order valence-electron chi connectivity index (χ1n) is 6.22. The Morgan fingerprint density at radius 1 is 1.00 bits per heavy atom. The molecule has 0 aliphatic carbocycles. The lowest BCUT2D eigenvalue weighted by Gasteiger charge is -2.09. The maximum atomic E-state index is 12.7. The summed E-state index contributed by atoms with van der Waals surface area (Å²) in [6, 6.07) is 11.8. The molecule has 0 amide bonds. The molecule has 0 saturated carbocycles. The van der Waals surface area contributed by atoms with Gasteiger partial charge in [-0.1, -0.05) is 43.3 Å². The van der Waals surface area contributed by atoms with Crippen LogP contribution in [0, 0.1) is 0 Å². The molecule has 104 valence electrons. The van der Waals surface area contributed by atoms with Gasteiger partial charge in [0.1, 0.15) is 0 Å². The number of benzene rings is 2. The number of alkyl halides is 3. The van der Waals surface area contributed by atoms with Crippen LogP contribution in [0.5, 0.6) is 0 Å². The first-order chi connectivity index (χ1) is 9.41. The second-order valence-corrected chi connectivity index (χ2v) is 4.43. The molecule has 0 atom stereocenters. The largest absolute Gasteiger partial charge is 0.416 e. The smallest absolute Gasteiger partial charge is 0.294 e. The van der Waals surface area contributed by atoms with Gasteiger partial charge < -0.3 is 0 Å². The summed E-state index contributed by atoms with van der Waals surface area (Å²) in [5.41, 5.74) is 1.03. The molecule has 0 aliphatic heterocycles. The highest BCUT2D eigenvalue weighted by Gasteiger charge is 2.30. The number of carbonyl (C=O) groups excluding carboxylic acids is 1. The van der Waals surface area contributed by atoms with Gasteiger partial charge in [-0.25, -0.2) is 0 Å². The molecule has 2 aromatic carbocycles. The molecule has 0 aromatic heterocycles. The fraction of sp³-hybridized carbons (Fsp3) is 0.188. The SMILES string of the molecule is CCC(=O)c1ccc(-c2cccc(C(F)(F)F)c2)cc1. The topological polar surface area (TPSA) is 17.1 Å². The maximum Gasteiger partial charge on any atom is 0.416 e. The van der Waals surface area contributed by atoms with Gasteiger partial charge in [-0.05, 0) is 23.3 Å². The highest BCUT2D eigenvalue weighted by molar-refractivity contribution is 5.96. The molecule has 20 heavy (non-hydrogen) atoms. The van der Waals surface area contributed by atoms with Crippen molar-refractivity contribution in [3.05, 3.63) is 59.7 Å². The molecule has 1 nitrogen and oxygen atoms in total. The zero-order valence-corrected chi connectivity index (χ0v) is 10.9. The third-order valence-electron chi connectivity index (χ3n) is 3.05. The van der Waals surface area contributed by atoms with Gasteiger partial charge in [0, 0.05) is 12.0 Å². The van der Waals surface area contributed by atoms with E-state index in [-0.39, 0.29) is 5.78 Å². The number of carbonyl (C=O) groups is 1. The number of rotatable bonds is 3. The highest BCUT2D eigenvalue weighted by atomic mass is 19.4. The molecule has 0 bridgehead atoms. The van der Waals surface area contributed by atoms with E-state index >= 15 is 0 Å². The highest BCUT2D eigenvalue weighted by Crippen LogP contribution is 2.32. The van der Waals surface area contributed by atoms with Gasteiger partial charge in [0.2, 0.25) is 0 Å². The quantitative estimate of drug-likeness (QED) is 0.725. The molecule has 2 aromatic rings. The van der Waals surface area contributed by atoms with Gasteiger partial charge in [0.15, 0.2) is 5.78 Å². The van der Waals surface area contributed by atoms with E-state index in [1.54, 1.807) is 37.3 Å². The Kier molecular flexibility index (Phi) is 3.93. The number of hydrogen-bond acceptors (Lipinski definition) is 1. The Morgan fingerprint density at radius 2 is 1.65 bits per heavy atom. The zero-order valence-electron chi connectivity index (χ0n) is 10.9. The van der Waals surface area contributed by atoms with Gasteiger partial charge >= 0.3 is 6.18 Å². The fourth-order valence-electron chi connectivity index (χ4n) is 1.93. The van der Waals surface area contributed by atoms with E-state index < -0.39 is 11.7 Å². The average molecular weight is 278 g/mol. The molecule has 0 spiro atoms. The molecule has 0 heterocycles. The normalized spacial score (nSPS) is 11.4. The number of Topliss-reactive ketones (excluding diaryl/α,β-unsaturated/α-hetero) is 1. The first kappa shape index (κ1) is 14.3. The van der Waals surface area contributed by atoms with Crippen LogP contribution in [0.3, 0.4) is 0 Å². The summed E-state index contributed by atoms with van der Waals surface area (Å²) in [6.07, 6.45) is -3.95. The summed E-state index contributed by atoms with van der Waals surface area (Å²) in [5, 5.41) is 0. The van der Waals surface area contributed by atoms with Crippen LogP contribution in [0.25, 0.3) is 11.1 Å². The predicted molar refractivity (Wildman–Crippen MR) is 71.5 cm³/mol. The average Bonchev–Trinajstić information content (AvgIpc) is 2.46. The monoisotopic (exact) mass is 278 g/mol. The lowest BCUT2D eigenvalue weighted by atomic mass is 10.00. The van der Waals surface area contributed by atoms with Crippen molar-refractivity contribution in [1.82, 2.24) is 0 Å². The molecular weight excluding hydrogens is 265 g/mol. The number of halogens is 3. The predicted octanol–water partition coefficient (Wildman–Crippen LogP) is 4.97. The Morgan fingerprint density at radius 3 is 2.20 bits per heavy atom. The second kappa shape index (κ2) is 5.49. The van der Waals surface area contributed by atoms with Crippen molar-refractivity contribution in [2.75, 3.05) is 0 Å². The van der Waals surface area contributed by atoms with Gasteiger partial charge in [0.25, 0.3) is 0 Å². The lowest BCUT2D eigenvalue weighted by Crippen LogP contribution is -2.04. The van der Waals surface area contributed by atoms with Crippen molar-refractivity contribution >= 4 is 5.78 Å².